The summed E-state index contributed by atoms with van der Waals surface area (Å²) in [6.07, 6.45) is 2.33. The second-order valence-electron chi connectivity index (χ2n) is 5.83. The van der Waals surface area contributed by atoms with E-state index in [9.17, 15) is 4.79 Å². The minimum absolute atomic E-state index is 0.0458. The molecule has 1 saturated carbocycles. The van der Waals surface area contributed by atoms with Crippen LogP contribution in [0.15, 0.2) is 29.2 Å². The molecule has 1 aromatic rings. The monoisotopic (exact) mass is 311 g/mol. The average molecular weight is 312 g/mol. The number of halogens is 1. The number of carbonyl (C=O) groups excluding carboxylic acids is 1. The Hall–Kier alpha value is -0.670. The van der Waals surface area contributed by atoms with E-state index >= 15 is 0 Å². The van der Waals surface area contributed by atoms with Crippen LogP contribution in [0.3, 0.4) is 0 Å². The molecule has 20 heavy (non-hydrogen) atoms. The third-order valence-corrected chi connectivity index (χ3v) is 4.66. The fraction of sp³-hybridized carbons (Fsp3) is 0.562. The zero-order valence-corrected chi connectivity index (χ0v) is 13.9. The standard InChI is InChI=1S/C16H22ClNOS/c1-11(2)10-18(14-6-7-14)16(19)12(3)20-15-8-4-13(17)5-9-15/h4-5,8-9,11-12,14H,6-7,10H2,1-3H3. The van der Waals surface area contributed by atoms with Crippen molar-refractivity contribution in [2.24, 2.45) is 5.92 Å². The second kappa shape index (κ2) is 6.86. The highest BCUT2D eigenvalue weighted by Gasteiger charge is 2.34. The lowest BCUT2D eigenvalue weighted by Crippen LogP contribution is -2.40. The fourth-order valence-electron chi connectivity index (χ4n) is 2.20. The summed E-state index contributed by atoms with van der Waals surface area (Å²) in [5.74, 6) is 0.786. The van der Waals surface area contributed by atoms with Gasteiger partial charge >= 0.3 is 0 Å². The predicted molar refractivity (Wildman–Crippen MR) is 86.3 cm³/mol. The summed E-state index contributed by atoms with van der Waals surface area (Å²) >= 11 is 7.50. The molecule has 0 aromatic heterocycles. The summed E-state index contributed by atoms with van der Waals surface area (Å²) in [4.78, 5) is 15.8. The number of hydrogen-bond acceptors (Lipinski definition) is 2. The van der Waals surface area contributed by atoms with Gasteiger partial charge in [0.2, 0.25) is 5.91 Å². The Morgan fingerprint density at radius 2 is 1.90 bits per heavy atom. The van der Waals surface area contributed by atoms with Crippen LogP contribution in [0.4, 0.5) is 0 Å². The van der Waals surface area contributed by atoms with Gasteiger partial charge in [0.05, 0.1) is 5.25 Å². The molecule has 2 nitrogen and oxygen atoms in total. The van der Waals surface area contributed by atoms with Crippen molar-refractivity contribution in [2.45, 2.75) is 49.8 Å². The molecule has 0 spiro atoms. The van der Waals surface area contributed by atoms with Crippen LogP contribution in [-0.4, -0.2) is 28.6 Å². The highest BCUT2D eigenvalue weighted by Crippen LogP contribution is 2.32. The van der Waals surface area contributed by atoms with E-state index in [4.69, 9.17) is 11.6 Å². The topological polar surface area (TPSA) is 20.3 Å². The lowest BCUT2D eigenvalue weighted by Gasteiger charge is -2.27. The first-order valence-corrected chi connectivity index (χ1v) is 8.46. The predicted octanol–water partition coefficient (Wildman–Crippen LogP) is 4.47. The van der Waals surface area contributed by atoms with Gasteiger partial charge in [0.15, 0.2) is 0 Å². The molecule has 0 aliphatic heterocycles. The van der Waals surface area contributed by atoms with Crippen LogP contribution in [0.25, 0.3) is 0 Å². The van der Waals surface area contributed by atoms with E-state index in [1.165, 1.54) is 0 Å². The highest BCUT2D eigenvalue weighted by molar-refractivity contribution is 8.00. The molecule has 2 rings (SSSR count). The van der Waals surface area contributed by atoms with Gasteiger partial charge in [-0.2, -0.15) is 0 Å². The van der Waals surface area contributed by atoms with E-state index in [0.717, 1.165) is 29.3 Å². The first-order chi connectivity index (χ1) is 9.47. The molecule has 1 amide bonds. The normalized spacial score (nSPS) is 16.2. The van der Waals surface area contributed by atoms with Crippen LogP contribution in [-0.2, 0) is 4.79 Å². The number of amides is 1. The molecule has 1 aromatic carbocycles. The third kappa shape index (κ3) is 4.42. The number of nitrogens with zero attached hydrogens (tertiary/aromatic N) is 1. The molecule has 1 fully saturated rings. The fourth-order valence-corrected chi connectivity index (χ4v) is 3.26. The van der Waals surface area contributed by atoms with Gasteiger partial charge in [-0.25, -0.2) is 0 Å². The minimum atomic E-state index is -0.0458. The maximum atomic E-state index is 12.6. The van der Waals surface area contributed by atoms with Crippen LogP contribution in [0.5, 0.6) is 0 Å². The van der Waals surface area contributed by atoms with Crippen molar-refractivity contribution in [1.29, 1.82) is 0 Å². The molecular weight excluding hydrogens is 290 g/mol. The largest absolute Gasteiger partial charge is 0.338 e. The molecule has 1 unspecified atom stereocenters. The lowest BCUT2D eigenvalue weighted by molar-refractivity contribution is -0.131. The highest BCUT2D eigenvalue weighted by atomic mass is 35.5. The third-order valence-electron chi connectivity index (χ3n) is 3.31. The molecule has 0 heterocycles. The van der Waals surface area contributed by atoms with Gasteiger partial charge in [-0.1, -0.05) is 25.4 Å². The van der Waals surface area contributed by atoms with Crippen molar-refractivity contribution >= 4 is 29.3 Å². The van der Waals surface area contributed by atoms with Gasteiger partial charge < -0.3 is 4.90 Å². The number of thioether (sulfide) groups is 1. The SMILES string of the molecule is CC(C)CN(C(=O)C(C)Sc1ccc(Cl)cc1)C1CC1. The van der Waals surface area contributed by atoms with Crippen LogP contribution in [0, 0.1) is 5.92 Å². The molecule has 1 aliphatic carbocycles. The van der Waals surface area contributed by atoms with Crippen molar-refractivity contribution in [2.75, 3.05) is 6.54 Å². The molecule has 0 radical (unpaired) electrons. The Labute approximate surface area is 130 Å². The summed E-state index contributed by atoms with van der Waals surface area (Å²) < 4.78 is 0. The van der Waals surface area contributed by atoms with Gasteiger partial charge in [-0.3, -0.25) is 4.79 Å². The van der Waals surface area contributed by atoms with Crippen LogP contribution in [0.1, 0.15) is 33.6 Å². The molecule has 0 bridgehead atoms. The maximum absolute atomic E-state index is 12.6. The second-order valence-corrected chi connectivity index (χ2v) is 7.68. The van der Waals surface area contributed by atoms with Crippen molar-refractivity contribution in [3.05, 3.63) is 29.3 Å². The van der Waals surface area contributed by atoms with Gasteiger partial charge in [-0.05, 0) is 49.9 Å². The van der Waals surface area contributed by atoms with E-state index in [0.29, 0.717) is 12.0 Å². The summed E-state index contributed by atoms with van der Waals surface area (Å²) in [7, 11) is 0. The molecule has 0 N–H and O–H groups in total. The van der Waals surface area contributed by atoms with Gasteiger partial charge in [0.25, 0.3) is 0 Å². The van der Waals surface area contributed by atoms with E-state index in [2.05, 4.69) is 18.7 Å². The first kappa shape index (κ1) is 15.7. The van der Waals surface area contributed by atoms with Crippen LogP contribution < -0.4 is 0 Å². The lowest BCUT2D eigenvalue weighted by atomic mass is 10.2. The minimum Gasteiger partial charge on any atom is -0.338 e. The van der Waals surface area contributed by atoms with Crippen molar-refractivity contribution in [3.8, 4) is 0 Å². The Kier molecular flexibility index (Phi) is 5.39. The van der Waals surface area contributed by atoms with E-state index in [-0.39, 0.29) is 11.2 Å². The van der Waals surface area contributed by atoms with E-state index in [1.807, 2.05) is 31.2 Å². The zero-order chi connectivity index (χ0) is 14.7. The van der Waals surface area contributed by atoms with Gasteiger partial charge in [0, 0.05) is 22.5 Å². The molecule has 4 heteroatoms. The van der Waals surface area contributed by atoms with Crippen LogP contribution >= 0.6 is 23.4 Å². The quantitative estimate of drug-likeness (QED) is 0.723. The number of hydrogen-bond donors (Lipinski definition) is 0. The Balaban J connectivity index is 1.97. The average Bonchev–Trinajstić information content (AvgIpc) is 3.22. The number of carbonyl (C=O) groups is 1. The number of benzene rings is 1. The maximum Gasteiger partial charge on any atom is 0.236 e. The van der Waals surface area contributed by atoms with Crippen molar-refractivity contribution in [3.63, 3.8) is 0 Å². The Morgan fingerprint density at radius 3 is 2.40 bits per heavy atom. The first-order valence-electron chi connectivity index (χ1n) is 7.20. The Morgan fingerprint density at radius 1 is 1.30 bits per heavy atom. The van der Waals surface area contributed by atoms with Crippen LogP contribution in [0.2, 0.25) is 5.02 Å². The number of rotatable bonds is 6. The summed E-state index contributed by atoms with van der Waals surface area (Å²) in [5.41, 5.74) is 0. The molecule has 1 atom stereocenters. The van der Waals surface area contributed by atoms with E-state index < -0.39 is 0 Å². The molecule has 110 valence electrons. The smallest absolute Gasteiger partial charge is 0.236 e. The van der Waals surface area contributed by atoms with Crippen molar-refractivity contribution in [1.82, 2.24) is 4.90 Å². The molecular formula is C16H22ClNOS. The summed E-state index contributed by atoms with van der Waals surface area (Å²) in [6.45, 7) is 7.20. The summed E-state index contributed by atoms with van der Waals surface area (Å²) in [5, 5.41) is 0.684. The zero-order valence-electron chi connectivity index (χ0n) is 12.3. The van der Waals surface area contributed by atoms with E-state index in [1.54, 1.807) is 11.8 Å². The summed E-state index contributed by atoms with van der Waals surface area (Å²) in [6, 6.07) is 8.17. The van der Waals surface area contributed by atoms with Gasteiger partial charge in [-0.15, -0.1) is 11.8 Å². The van der Waals surface area contributed by atoms with Gasteiger partial charge in [0.1, 0.15) is 0 Å². The van der Waals surface area contributed by atoms with Crippen molar-refractivity contribution < 1.29 is 4.79 Å². The molecule has 1 aliphatic rings. The molecule has 0 saturated heterocycles. The Bertz CT molecular complexity index is 456.